The van der Waals surface area contributed by atoms with Gasteiger partial charge in [-0.25, -0.2) is 18.6 Å². The topological polar surface area (TPSA) is 68.3 Å². The molecule has 2 rings (SSSR count). The van der Waals surface area contributed by atoms with Crippen molar-refractivity contribution in [1.29, 1.82) is 0 Å². The molecule has 8 heteroatoms. The fourth-order valence-electron chi connectivity index (χ4n) is 1.50. The van der Waals surface area contributed by atoms with Gasteiger partial charge in [0.15, 0.2) is 6.61 Å². The first-order valence-corrected chi connectivity index (χ1v) is 6.37. The number of nitrogens with zero attached hydrogens (tertiary/aromatic N) is 1. The number of rotatable bonds is 4. The van der Waals surface area contributed by atoms with Crippen molar-refractivity contribution in [1.82, 2.24) is 4.98 Å². The Morgan fingerprint density at radius 2 is 1.86 bits per heavy atom. The number of aromatic nitrogens is 1. The van der Waals surface area contributed by atoms with Crippen LogP contribution in [0.3, 0.4) is 0 Å². The lowest BCUT2D eigenvalue weighted by molar-refractivity contribution is -0.119. The van der Waals surface area contributed by atoms with Crippen LogP contribution in [0.2, 0.25) is 5.15 Å². The molecule has 0 atom stereocenters. The molecule has 0 spiro atoms. The first kappa shape index (κ1) is 15.8. The van der Waals surface area contributed by atoms with Gasteiger partial charge in [0, 0.05) is 6.20 Å². The van der Waals surface area contributed by atoms with Crippen LogP contribution in [0.1, 0.15) is 10.4 Å². The fourth-order valence-corrected chi connectivity index (χ4v) is 1.62. The minimum Gasteiger partial charge on any atom is -0.452 e. The van der Waals surface area contributed by atoms with Crippen molar-refractivity contribution in [3.05, 3.63) is 58.9 Å². The quantitative estimate of drug-likeness (QED) is 0.693. The Labute approximate surface area is 128 Å². The highest BCUT2D eigenvalue weighted by atomic mass is 35.5. The highest BCUT2D eigenvalue weighted by Gasteiger charge is 2.14. The van der Waals surface area contributed by atoms with E-state index in [-0.39, 0.29) is 10.7 Å². The van der Waals surface area contributed by atoms with Crippen molar-refractivity contribution in [3.63, 3.8) is 0 Å². The standard InChI is InChI=1S/C14H9ClF2N2O3/c15-11-5-4-8(6-18-11)14(21)22-7-12(20)19-13-9(16)2-1-3-10(13)17/h1-6H,7H2,(H,19,20). The van der Waals surface area contributed by atoms with Gasteiger partial charge >= 0.3 is 5.97 Å². The number of para-hydroxylation sites is 1. The normalized spacial score (nSPS) is 10.1. The summed E-state index contributed by atoms with van der Waals surface area (Å²) in [5.41, 5.74) is -0.508. The summed E-state index contributed by atoms with van der Waals surface area (Å²) < 4.78 is 31.4. The summed E-state index contributed by atoms with van der Waals surface area (Å²) in [4.78, 5) is 26.8. The van der Waals surface area contributed by atoms with E-state index < -0.39 is 35.8 Å². The highest BCUT2D eigenvalue weighted by Crippen LogP contribution is 2.17. The zero-order chi connectivity index (χ0) is 16.1. The molecule has 0 aliphatic rings. The van der Waals surface area contributed by atoms with Crippen molar-refractivity contribution in [2.24, 2.45) is 0 Å². The molecule has 0 saturated carbocycles. The van der Waals surface area contributed by atoms with Gasteiger partial charge in [0.25, 0.3) is 5.91 Å². The van der Waals surface area contributed by atoms with Crippen LogP contribution in [0.25, 0.3) is 0 Å². The third kappa shape index (κ3) is 3.98. The molecule has 0 saturated heterocycles. The third-order valence-electron chi connectivity index (χ3n) is 2.52. The van der Waals surface area contributed by atoms with Gasteiger partial charge in [-0.1, -0.05) is 17.7 Å². The predicted molar refractivity (Wildman–Crippen MR) is 74.5 cm³/mol. The van der Waals surface area contributed by atoms with Crippen LogP contribution in [-0.2, 0) is 9.53 Å². The monoisotopic (exact) mass is 326 g/mol. The highest BCUT2D eigenvalue weighted by molar-refractivity contribution is 6.29. The maximum atomic E-state index is 13.3. The van der Waals surface area contributed by atoms with Gasteiger partial charge < -0.3 is 10.1 Å². The van der Waals surface area contributed by atoms with Crippen molar-refractivity contribution < 1.29 is 23.1 Å². The molecular weight excluding hydrogens is 318 g/mol. The summed E-state index contributed by atoms with van der Waals surface area (Å²) in [6, 6.07) is 5.89. The minimum atomic E-state index is -0.929. The number of ether oxygens (including phenoxy) is 1. The average molecular weight is 327 g/mol. The zero-order valence-electron chi connectivity index (χ0n) is 11.0. The molecule has 1 heterocycles. The number of nitrogens with one attached hydrogen (secondary N) is 1. The summed E-state index contributed by atoms with van der Waals surface area (Å²) in [5, 5.41) is 2.19. The van der Waals surface area contributed by atoms with Gasteiger partial charge in [-0.3, -0.25) is 4.79 Å². The van der Waals surface area contributed by atoms with E-state index in [0.717, 1.165) is 18.2 Å². The summed E-state index contributed by atoms with van der Waals surface area (Å²) in [6.45, 7) is -0.699. The predicted octanol–water partition coefficient (Wildman–Crippen LogP) is 2.81. The molecule has 1 N–H and O–H groups in total. The van der Waals surface area contributed by atoms with Crippen LogP contribution < -0.4 is 5.32 Å². The summed E-state index contributed by atoms with van der Waals surface area (Å²) in [6.07, 6.45) is 1.18. The minimum absolute atomic E-state index is 0.0919. The molecule has 0 radical (unpaired) electrons. The Morgan fingerprint density at radius 1 is 1.18 bits per heavy atom. The lowest BCUT2D eigenvalue weighted by Crippen LogP contribution is -2.22. The number of pyridine rings is 1. The zero-order valence-corrected chi connectivity index (χ0v) is 11.7. The molecule has 0 aliphatic carbocycles. The molecule has 1 aromatic heterocycles. The molecule has 1 amide bonds. The van der Waals surface area contributed by atoms with Gasteiger partial charge in [0.05, 0.1) is 5.56 Å². The van der Waals surface area contributed by atoms with Crippen LogP contribution in [0.4, 0.5) is 14.5 Å². The molecule has 0 aliphatic heterocycles. The number of anilines is 1. The Hall–Kier alpha value is -2.54. The second-order valence-electron chi connectivity index (χ2n) is 4.09. The van der Waals surface area contributed by atoms with Gasteiger partial charge in [0.1, 0.15) is 22.5 Å². The van der Waals surface area contributed by atoms with Crippen molar-refractivity contribution in [2.45, 2.75) is 0 Å². The molecule has 0 bridgehead atoms. The maximum Gasteiger partial charge on any atom is 0.340 e. The maximum absolute atomic E-state index is 13.3. The number of hydrogen-bond acceptors (Lipinski definition) is 4. The van der Waals surface area contributed by atoms with Gasteiger partial charge in [-0.2, -0.15) is 0 Å². The van der Waals surface area contributed by atoms with E-state index in [1.165, 1.54) is 18.3 Å². The van der Waals surface area contributed by atoms with Crippen LogP contribution in [0, 0.1) is 11.6 Å². The van der Waals surface area contributed by atoms with E-state index in [4.69, 9.17) is 16.3 Å². The largest absolute Gasteiger partial charge is 0.452 e. The van der Waals surface area contributed by atoms with Crippen molar-refractivity contribution in [3.8, 4) is 0 Å². The smallest absolute Gasteiger partial charge is 0.340 e. The van der Waals surface area contributed by atoms with Crippen LogP contribution >= 0.6 is 11.6 Å². The van der Waals surface area contributed by atoms with Gasteiger partial charge in [-0.05, 0) is 24.3 Å². The van der Waals surface area contributed by atoms with Crippen molar-refractivity contribution >= 4 is 29.2 Å². The van der Waals surface area contributed by atoms with Crippen LogP contribution in [0.5, 0.6) is 0 Å². The van der Waals surface area contributed by atoms with E-state index in [2.05, 4.69) is 4.98 Å². The number of esters is 1. The lowest BCUT2D eigenvalue weighted by Gasteiger charge is -2.08. The summed E-state index contributed by atoms with van der Waals surface area (Å²) >= 11 is 5.57. The van der Waals surface area contributed by atoms with E-state index >= 15 is 0 Å². The molecular formula is C14H9ClF2N2O3. The number of amides is 1. The second-order valence-corrected chi connectivity index (χ2v) is 4.48. The van der Waals surface area contributed by atoms with Gasteiger partial charge in [0.2, 0.25) is 0 Å². The molecule has 5 nitrogen and oxygen atoms in total. The molecule has 1 aromatic carbocycles. The Balaban J connectivity index is 1.93. The Kier molecular flexibility index (Phi) is 5.00. The summed E-state index contributed by atoms with van der Waals surface area (Å²) in [5.74, 6) is -3.55. The number of halogens is 3. The number of carbonyl (C=O) groups is 2. The molecule has 0 fully saturated rings. The average Bonchev–Trinajstić information content (AvgIpc) is 2.49. The fraction of sp³-hybridized carbons (Fsp3) is 0.0714. The summed E-state index contributed by atoms with van der Waals surface area (Å²) in [7, 11) is 0. The van der Waals surface area contributed by atoms with E-state index in [1.54, 1.807) is 0 Å². The van der Waals surface area contributed by atoms with Crippen molar-refractivity contribution in [2.75, 3.05) is 11.9 Å². The van der Waals surface area contributed by atoms with Crippen LogP contribution in [-0.4, -0.2) is 23.5 Å². The van der Waals surface area contributed by atoms with E-state index in [1.807, 2.05) is 5.32 Å². The van der Waals surface area contributed by atoms with E-state index in [9.17, 15) is 18.4 Å². The molecule has 22 heavy (non-hydrogen) atoms. The number of benzene rings is 1. The third-order valence-corrected chi connectivity index (χ3v) is 2.75. The van der Waals surface area contributed by atoms with E-state index in [0.29, 0.717) is 0 Å². The number of carbonyl (C=O) groups excluding carboxylic acids is 2. The van der Waals surface area contributed by atoms with Crippen LogP contribution in [0.15, 0.2) is 36.5 Å². The second kappa shape index (κ2) is 6.95. The Bertz CT molecular complexity index is 687. The molecule has 0 unspecified atom stereocenters. The Morgan fingerprint density at radius 3 is 2.45 bits per heavy atom. The van der Waals surface area contributed by atoms with Gasteiger partial charge in [-0.15, -0.1) is 0 Å². The first-order chi connectivity index (χ1) is 10.5. The number of hydrogen-bond donors (Lipinski definition) is 1. The lowest BCUT2D eigenvalue weighted by atomic mass is 10.3. The SMILES string of the molecule is O=C(COC(=O)c1ccc(Cl)nc1)Nc1c(F)cccc1F. The molecule has 114 valence electrons. The first-order valence-electron chi connectivity index (χ1n) is 6.00. The molecule has 2 aromatic rings.